The fourth-order valence-corrected chi connectivity index (χ4v) is 5.02. The molecule has 1 spiro atoms. The second kappa shape index (κ2) is 7.81. The van der Waals surface area contributed by atoms with Gasteiger partial charge in [0.2, 0.25) is 0 Å². The van der Waals surface area contributed by atoms with Crippen molar-refractivity contribution in [3.05, 3.63) is 77.4 Å². The number of ether oxygens (including phenoxy) is 1. The molecule has 160 valence electrons. The maximum absolute atomic E-state index is 13.1. The molecule has 1 atom stereocenters. The second-order valence-electron chi connectivity index (χ2n) is 8.74. The van der Waals surface area contributed by atoms with Crippen LogP contribution in [0.25, 0.3) is 0 Å². The monoisotopic (exact) mass is 417 g/mol. The van der Waals surface area contributed by atoms with Gasteiger partial charge >= 0.3 is 0 Å². The van der Waals surface area contributed by atoms with E-state index in [4.69, 9.17) is 4.74 Å². The van der Waals surface area contributed by atoms with E-state index >= 15 is 0 Å². The van der Waals surface area contributed by atoms with Crippen LogP contribution in [-0.2, 0) is 6.54 Å². The normalized spacial score (nSPS) is 20.1. The zero-order valence-electron chi connectivity index (χ0n) is 17.9. The highest BCUT2D eigenvalue weighted by Gasteiger charge is 2.57. The van der Waals surface area contributed by atoms with E-state index in [1.807, 2.05) is 36.1 Å². The summed E-state index contributed by atoms with van der Waals surface area (Å²) in [6, 6.07) is 17.9. The zero-order chi connectivity index (χ0) is 21.4. The third-order valence-electron chi connectivity index (χ3n) is 6.51. The molecule has 7 heteroatoms. The molecule has 31 heavy (non-hydrogen) atoms. The molecular formula is C24H27N5O2. The molecule has 2 saturated heterocycles. The molecule has 1 N–H and O–H groups in total. The first-order chi connectivity index (χ1) is 15.1. The van der Waals surface area contributed by atoms with E-state index in [0.717, 1.165) is 31.3 Å². The number of aryl methyl sites for hydroxylation is 1. The van der Waals surface area contributed by atoms with Crippen molar-refractivity contribution >= 4 is 5.91 Å². The average molecular weight is 418 g/mol. The minimum atomic E-state index is -0.0159. The summed E-state index contributed by atoms with van der Waals surface area (Å²) < 4.78 is 5.28. The van der Waals surface area contributed by atoms with E-state index < -0.39 is 0 Å². The summed E-state index contributed by atoms with van der Waals surface area (Å²) in [6.07, 6.45) is 0. The van der Waals surface area contributed by atoms with Crippen molar-refractivity contribution in [2.75, 3.05) is 33.3 Å². The average Bonchev–Trinajstić information content (AvgIpc) is 3.36. The Morgan fingerprint density at radius 1 is 1.16 bits per heavy atom. The number of aromatic nitrogens is 3. The summed E-state index contributed by atoms with van der Waals surface area (Å²) in [5, 5.41) is 7.48. The van der Waals surface area contributed by atoms with Crippen molar-refractivity contribution in [3.8, 4) is 5.75 Å². The van der Waals surface area contributed by atoms with Crippen LogP contribution < -0.4 is 4.74 Å². The summed E-state index contributed by atoms with van der Waals surface area (Å²) in [6.45, 7) is 6.08. The number of nitrogens with zero attached hydrogens (tertiary/aromatic N) is 4. The molecule has 5 rings (SSSR count). The van der Waals surface area contributed by atoms with E-state index in [2.05, 4.69) is 44.3 Å². The molecule has 2 fully saturated rings. The summed E-state index contributed by atoms with van der Waals surface area (Å²) >= 11 is 0. The van der Waals surface area contributed by atoms with Gasteiger partial charge in [-0.3, -0.25) is 14.8 Å². The van der Waals surface area contributed by atoms with Crippen molar-refractivity contribution < 1.29 is 9.53 Å². The third kappa shape index (κ3) is 3.70. The van der Waals surface area contributed by atoms with E-state index in [1.54, 1.807) is 13.2 Å². The Morgan fingerprint density at radius 3 is 2.68 bits per heavy atom. The maximum Gasteiger partial charge on any atom is 0.254 e. The third-order valence-corrected chi connectivity index (χ3v) is 6.51. The number of hydrogen-bond donors (Lipinski definition) is 1. The fraction of sp³-hybridized carbons (Fsp3) is 0.375. The molecule has 0 aliphatic carbocycles. The van der Waals surface area contributed by atoms with Crippen LogP contribution in [0.5, 0.6) is 5.75 Å². The summed E-state index contributed by atoms with van der Waals surface area (Å²) in [7, 11) is 1.62. The number of nitrogens with one attached hydrogen (secondary N) is 1. The number of benzene rings is 2. The van der Waals surface area contributed by atoms with Gasteiger partial charge in [0, 0.05) is 49.6 Å². The lowest BCUT2D eigenvalue weighted by molar-refractivity contribution is 0.00178. The zero-order valence-corrected chi connectivity index (χ0v) is 17.9. The predicted octanol–water partition coefficient (Wildman–Crippen LogP) is 2.86. The highest BCUT2D eigenvalue weighted by atomic mass is 16.5. The lowest BCUT2D eigenvalue weighted by atomic mass is 9.71. The highest BCUT2D eigenvalue weighted by Crippen LogP contribution is 2.49. The minimum Gasteiger partial charge on any atom is -0.497 e. The molecule has 1 unspecified atom stereocenters. The van der Waals surface area contributed by atoms with Gasteiger partial charge in [0.1, 0.15) is 11.6 Å². The lowest BCUT2D eigenvalue weighted by Crippen LogP contribution is -2.61. The van der Waals surface area contributed by atoms with Gasteiger partial charge in [-0.2, -0.15) is 5.10 Å². The molecule has 3 aromatic rings. The first-order valence-corrected chi connectivity index (χ1v) is 10.6. The molecule has 2 aliphatic heterocycles. The number of carbonyl (C=O) groups excluding carboxylic acids is 1. The molecule has 0 radical (unpaired) electrons. The Hall–Kier alpha value is -3.19. The van der Waals surface area contributed by atoms with Gasteiger partial charge in [0.25, 0.3) is 5.91 Å². The SMILES string of the molecule is COc1cccc(C(=O)N2CC3(CN(Cc4ccccc4)CC3c3n[nH]c(C)n3)C2)c1. The van der Waals surface area contributed by atoms with Crippen molar-refractivity contribution in [1.82, 2.24) is 25.0 Å². The Morgan fingerprint density at radius 2 is 1.97 bits per heavy atom. The van der Waals surface area contributed by atoms with Gasteiger partial charge in [-0.15, -0.1) is 0 Å². The van der Waals surface area contributed by atoms with Gasteiger partial charge in [-0.05, 0) is 30.7 Å². The number of amides is 1. The van der Waals surface area contributed by atoms with Crippen molar-refractivity contribution in [1.29, 1.82) is 0 Å². The van der Waals surface area contributed by atoms with Gasteiger partial charge in [-0.25, -0.2) is 4.98 Å². The predicted molar refractivity (Wildman–Crippen MR) is 117 cm³/mol. The quantitative estimate of drug-likeness (QED) is 0.691. The van der Waals surface area contributed by atoms with Gasteiger partial charge < -0.3 is 9.64 Å². The first kappa shape index (κ1) is 19.8. The lowest BCUT2D eigenvalue weighted by Gasteiger charge is -2.50. The van der Waals surface area contributed by atoms with E-state index in [1.165, 1.54) is 5.56 Å². The topological polar surface area (TPSA) is 74.3 Å². The molecular weight excluding hydrogens is 390 g/mol. The van der Waals surface area contributed by atoms with Crippen LogP contribution >= 0.6 is 0 Å². The molecule has 1 aromatic heterocycles. The van der Waals surface area contributed by atoms with Crippen LogP contribution in [-0.4, -0.2) is 64.2 Å². The number of carbonyl (C=O) groups is 1. The number of aromatic amines is 1. The Kier molecular flexibility index (Phi) is 4.98. The van der Waals surface area contributed by atoms with E-state index in [9.17, 15) is 4.79 Å². The molecule has 1 amide bonds. The molecule has 0 bridgehead atoms. The molecule has 7 nitrogen and oxygen atoms in total. The molecule has 2 aromatic carbocycles. The minimum absolute atomic E-state index is 0.0159. The van der Waals surface area contributed by atoms with E-state index in [-0.39, 0.29) is 17.2 Å². The summed E-state index contributed by atoms with van der Waals surface area (Å²) in [5.74, 6) is 2.65. The Balaban J connectivity index is 1.35. The number of rotatable bonds is 5. The van der Waals surface area contributed by atoms with Crippen molar-refractivity contribution in [3.63, 3.8) is 0 Å². The standard InChI is InChI=1S/C24H27N5O2/c1-17-25-22(27-26-17)21-13-28(12-18-7-4-3-5-8-18)14-24(21)15-29(16-24)23(30)19-9-6-10-20(11-19)31-2/h3-11,21H,12-16H2,1-2H3,(H,25,26,27). The van der Waals surface area contributed by atoms with Gasteiger partial charge in [0.15, 0.2) is 5.82 Å². The number of hydrogen-bond acceptors (Lipinski definition) is 5. The second-order valence-corrected chi connectivity index (χ2v) is 8.74. The van der Waals surface area contributed by atoms with Crippen LogP contribution in [0.4, 0.5) is 0 Å². The van der Waals surface area contributed by atoms with Crippen LogP contribution in [0.1, 0.15) is 33.5 Å². The van der Waals surface area contributed by atoms with Crippen LogP contribution in [0.15, 0.2) is 54.6 Å². The smallest absolute Gasteiger partial charge is 0.254 e. The first-order valence-electron chi connectivity index (χ1n) is 10.6. The van der Waals surface area contributed by atoms with Crippen LogP contribution in [0.2, 0.25) is 0 Å². The van der Waals surface area contributed by atoms with Crippen LogP contribution in [0, 0.1) is 12.3 Å². The van der Waals surface area contributed by atoms with Gasteiger partial charge in [0.05, 0.1) is 7.11 Å². The summed E-state index contributed by atoms with van der Waals surface area (Å²) in [4.78, 5) is 22.1. The molecule has 0 saturated carbocycles. The summed E-state index contributed by atoms with van der Waals surface area (Å²) in [5.41, 5.74) is 1.95. The number of methoxy groups -OCH3 is 1. The van der Waals surface area contributed by atoms with Gasteiger partial charge in [-0.1, -0.05) is 36.4 Å². The Bertz CT molecular complexity index is 1070. The van der Waals surface area contributed by atoms with Crippen molar-refractivity contribution in [2.24, 2.45) is 5.41 Å². The molecule has 2 aliphatic rings. The van der Waals surface area contributed by atoms with E-state index in [0.29, 0.717) is 24.4 Å². The largest absolute Gasteiger partial charge is 0.497 e. The maximum atomic E-state index is 13.1. The molecule has 3 heterocycles. The number of likely N-dealkylation sites (tertiary alicyclic amines) is 2. The van der Waals surface area contributed by atoms with Crippen LogP contribution in [0.3, 0.4) is 0 Å². The highest BCUT2D eigenvalue weighted by molar-refractivity contribution is 5.95. The fourth-order valence-electron chi connectivity index (χ4n) is 5.02. The Labute approximate surface area is 182 Å². The van der Waals surface area contributed by atoms with Crippen molar-refractivity contribution in [2.45, 2.75) is 19.4 Å². The number of H-pyrrole nitrogens is 1.